The molecule has 0 N–H and O–H groups in total. The minimum atomic E-state index is -0.876. The Bertz CT molecular complexity index is 711. The summed E-state index contributed by atoms with van der Waals surface area (Å²) < 4.78 is 1.53. The summed E-state index contributed by atoms with van der Waals surface area (Å²) in [5.74, 6) is 0. The van der Waals surface area contributed by atoms with E-state index in [1.54, 1.807) is 22.3 Å². The van der Waals surface area contributed by atoms with Crippen molar-refractivity contribution >= 4 is 12.2 Å². The van der Waals surface area contributed by atoms with Gasteiger partial charge in [0.25, 0.3) is 0 Å². The molecule has 0 heterocycles. The molecule has 2 aromatic rings. The van der Waals surface area contributed by atoms with E-state index in [1.165, 1.54) is 11.1 Å². The summed E-state index contributed by atoms with van der Waals surface area (Å²) in [5, 5.41) is 0. The number of benzene rings is 2. The first kappa shape index (κ1) is 18.7. The second-order valence-electron chi connectivity index (χ2n) is 6.07. The molecule has 0 spiro atoms. The SMILES string of the molecule is CC1=Cc2ccccc2[CH]1[Hf+2][CH]1C(C)=Cc2ccccc21.[Cl-].[Cl-]. The summed E-state index contributed by atoms with van der Waals surface area (Å²) in [6.45, 7) is 4.66. The van der Waals surface area contributed by atoms with Gasteiger partial charge in [0, 0.05) is 0 Å². The van der Waals surface area contributed by atoms with Crippen LogP contribution in [0.2, 0.25) is 0 Å². The van der Waals surface area contributed by atoms with Crippen molar-refractivity contribution in [1.82, 2.24) is 0 Å². The third-order valence-corrected chi connectivity index (χ3v) is 12.5. The Kier molecular flexibility index (Phi) is 6.10. The fraction of sp³-hybridized carbons (Fsp3) is 0.200. The van der Waals surface area contributed by atoms with E-state index < -0.39 is 22.9 Å². The number of allylic oxidation sites excluding steroid dienone is 2. The van der Waals surface area contributed by atoms with Crippen molar-refractivity contribution in [3.63, 3.8) is 0 Å². The second kappa shape index (κ2) is 7.51. The maximum absolute atomic E-state index is 2.41. The Morgan fingerprint density at radius 3 is 1.48 bits per heavy atom. The number of fused-ring (bicyclic) bond motifs is 2. The molecule has 2 aliphatic carbocycles. The van der Waals surface area contributed by atoms with Crippen LogP contribution in [-0.2, 0) is 22.9 Å². The van der Waals surface area contributed by atoms with Crippen LogP contribution in [0.3, 0.4) is 0 Å². The van der Waals surface area contributed by atoms with Gasteiger partial charge in [-0.2, -0.15) is 0 Å². The van der Waals surface area contributed by atoms with Gasteiger partial charge in [0.15, 0.2) is 0 Å². The quantitative estimate of drug-likeness (QED) is 0.476. The smallest absolute Gasteiger partial charge is 1.00 e. The van der Waals surface area contributed by atoms with Crippen molar-refractivity contribution in [2.45, 2.75) is 21.2 Å². The minimum absolute atomic E-state index is 0. The van der Waals surface area contributed by atoms with E-state index in [0.29, 0.717) is 0 Å². The Balaban J connectivity index is 0.000000960. The number of halogens is 2. The van der Waals surface area contributed by atoms with E-state index in [0.717, 1.165) is 7.35 Å². The van der Waals surface area contributed by atoms with E-state index in [2.05, 4.69) is 74.5 Å². The molecule has 0 aliphatic heterocycles. The van der Waals surface area contributed by atoms with Gasteiger partial charge in [0.2, 0.25) is 0 Å². The van der Waals surface area contributed by atoms with Crippen LogP contribution in [0.1, 0.15) is 43.5 Å². The molecule has 2 aliphatic rings. The molecule has 0 fully saturated rings. The van der Waals surface area contributed by atoms with Gasteiger partial charge in [-0.3, -0.25) is 0 Å². The molecule has 0 nitrogen and oxygen atoms in total. The summed E-state index contributed by atoms with van der Waals surface area (Å²) in [4.78, 5) is 0. The first-order valence-corrected chi connectivity index (χ1v) is 11.7. The monoisotopic (exact) mass is 508 g/mol. The maximum Gasteiger partial charge on any atom is -1.00 e. The van der Waals surface area contributed by atoms with Gasteiger partial charge in [-0.05, 0) is 0 Å². The fourth-order valence-electron chi connectivity index (χ4n) is 3.57. The van der Waals surface area contributed by atoms with Crippen LogP contribution in [0.4, 0.5) is 0 Å². The molecular weight excluding hydrogens is 490 g/mol. The van der Waals surface area contributed by atoms with Crippen LogP contribution < -0.4 is 24.8 Å². The number of rotatable bonds is 2. The first-order valence-electron chi connectivity index (χ1n) is 7.54. The third kappa shape index (κ3) is 3.29. The molecule has 23 heavy (non-hydrogen) atoms. The van der Waals surface area contributed by atoms with Gasteiger partial charge in [0.05, 0.1) is 0 Å². The van der Waals surface area contributed by atoms with Crippen molar-refractivity contribution < 1.29 is 47.7 Å². The number of hydrogen-bond donors (Lipinski definition) is 0. The third-order valence-electron chi connectivity index (χ3n) is 4.62. The fourth-order valence-corrected chi connectivity index (χ4v) is 10.4. The molecule has 2 unspecified atom stereocenters. The van der Waals surface area contributed by atoms with Gasteiger partial charge in [-0.25, -0.2) is 0 Å². The number of hydrogen-bond acceptors (Lipinski definition) is 0. The minimum Gasteiger partial charge on any atom is -1.00 e. The largest absolute Gasteiger partial charge is 1.00 e. The van der Waals surface area contributed by atoms with Crippen molar-refractivity contribution in [3.8, 4) is 0 Å². The molecule has 0 radical (unpaired) electrons. The zero-order valence-electron chi connectivity index (χ0n) is 13.2. The molecule has 116 valence electrons. The van der Waals surface area contributed by atoms with Gasteiger partial charge in [-0.1, -0.05) is 0 Å². The average molecular weight is 508 g/mol. The molecule has 0 saturated carbocycles. The summed E-state index contributed by atoms with van der Waals surface area (Å²) in [6, 6.07) is 18.0. The van der Waals surface area contributed by atoms with Crippen LogP contribution in [0, 0.1) is 0 Å². The van der Waals surface area contributed by atoms with E-state index in [9.17, 15) is 0 Å². The predicted octanol–water partition coefficient (Wildman–Crippen LogP) is -0.607. The second-order valence-corrected chi connectivity index (χ2v) is 11.4. The van der Waals surface area contributed by atoms with E-state index in [1.807, 2.05) is 0 Å². The van der Waals surface area contributed by atoms with Crippen LogP contribution >= 0.6 is 0 Å². The van der Waals surface area contributed by atoms with Crippen molar-refractivity contribution in [3.05, 3.63) is 81.9 Å². The van der Waals surface area contributed by atoms with Crippen molar-refractivity contribution in [2.75, 3.05) is 0 Å². The molecule has 0 amide bonds. The maximum atomic E-state index is 2.41. The summed E-state index contributed by atoms with van der Waals surface area (Å²) >= 11 is -0.876. The zero-order valence-corrected chi connectivity index (χ0v) is 18.3. The standard InChI is InChI=1S/2C10H9.2ClH.Hf/c2*1-8-6-9-4-2-3-5-10(9)7-8;;;/h2*2-7H,1H3;2*1H;/q;;;;+2/p-2. The van der Waals surface area contributed by atoms with Gasteiger partial charge in [-0.15, -0.1) is 0 Å². The summed E-state index contributed by atoms with van der Waals surface area (Å²) in [7, 11) is 0. The average Bonchev–Trinajstić information content (AvgIpc) is 2.97. The molecule has 0 bridgehead atoms. The topological polar surface area (TPSA) is 0 Å². The van der Waals surface area contributed by atoms with E-state index in [-0.39, 0.29) is 24.8 Å². The predicted molar refractivity (Wildman–Crippen MR) is 85.7 cm³/mol. The Morgan fingerprint density at radius 2 is 1.04 bits per heavy atom. The normalized spacial score (nSPS) is 20.3. The van der Waals surface area contributed by atoms with Crippen LogP contribution in [-0.4, -0.2) is 0 Å². The van der Waals surface area contributed by atoms with Crippen molar-refractivity contribution in [1.29, 1.82) is 0 Å². The molecule has 0 aromatic heterocycles. The summed E-state index contributed by atoms with van der Waals surface area (Å²) in [6.07, 6.45) is 4.82. The summed E-state index contributed by atoms with van der Waals surface area (Å²) in [5.41, 5.74) is 9.29. The Labute approximate surface area is 162 Å². The molecule has 2 aromatic carbocycles. The van der Waals surface area contributed by atoms with E-state index >= 15 is 0 Å². The van der Waals surface area contributed by atoms with Gasteiger partial charge >= 0.3 is 138 Å². The molecule has 2 atom stereocenters. The molecule has 3 heteroatoms. The molecule has 4 rings (SSSR count). The zero-order chi connectivity index (χ0) is 14.4. The van der Waals surface area contributed by atoms with Crippen LogP contribution in [0.25, 0.3) is 12.2 Å². The van der Waals surface area contributed by atoms with Crippen LogP contribution in [0.5, 0.6) is 0 Å². The van der Waals surface area contributed by atoms with Gasteiger partial charge < -0.3 is 24.8 Å². The first-order chi connectivity index (χ1) is 10.2. The Morgan fingerprint density at radius 1 is 0.652 bits per heavy atom. The van der Waals surface area contributed by atoms with Crippen molar-refractivity contribution in [2.24, 2.45) is 0 Å². The molecule has 0 saturated heterocycles. The Hall–Kier alpha value is -0.630. The van der Waals surface area contributed by atoms with Crippen LogP contribution in [0.15, 0.2) is 59.7 Å². The van der Waals surface area contributed by atoms with Gasteiger partial charge in [0.1, 0.15) is 0 Å². The van der Waals surface area contributed by atoms with E-state index in [4.69, 9.17) is 0 Å². The molecular formula is C20H18Cl2Hf.